The van der Waals surface area contributed by atoms with Crippen molar-refractivity contribution in [3.05, 3.63) is 161 Å². The van der Waals surface area contributed by atoms with E-state index < -0.39 is 108 Å². The zero-order valence-electron chi connectivity index (χ0n) is 40.5. The Hall–Kier alpha value is -4.73. The molecule has 2 aromatic carbocycles. The Morgan fingerprint density at radius 1 is 0.595 bits per heavy atom. The predicted molar refractivity (Wildman–Crippen MR) is 283 cm³/mol. The van der Waals surface area contributed by atoms with E-state index in [4.69, 9.17) is 69.6 Å². The molecule has 2 aliphatic heterocycles. The third-order valence-corrected chi connectivity index (χ3v) is 15.1. The fourth-order valence-electron chi connectivity index (χ4n) is 8.66. The molecule has 0 radical (unpaired) electrons. The molecule has 6 heterocycles. The average molecular weight is 1350 g/mol. The molecule has 79 heavy (non-hydrogen) atoms. The highest BCUT2D eigenvalue weighted by atomic mass is 127. The number of rotatable bonds is 11. The first kappa shape index (κ1) is 63.5. The summed E-state index contributed by atoms with van der Waals surface area (Å²) in [7, 11) is 1.28. The summed E-state index contributed by atoms with van der Waals surface area (Å²) < 4.78 is 170. The molecule has 424 valence electrons. The molecular weight excluding hydrogens is 1310 g/mol. The standard InChI is InChI=1S/C24H18Cl3F6N5O.C24H17Cl3F6N4O.CH3I/c1-37(11-14-4-2-3-6-34-14)20(39)15-10-35-21(36-19(15)23(28,29)30)38-7-5-22(12-38,24(31,32)33)13-8-16(25)18(27)17(26)9-13;25-16-9-13(10-17(26)19(16)27)22(24(31,32)33)6-8-37(12-22)21-35-11-15(20(36-21)23(28,29)30)18(38)5-4-14-3-1-2-7-34-14;1-2/h2-4,6,8-10H,5,7,11-12H2,1H3;1-3,7,9-11H,4-6,8,12H2;1H3. The molecule has 4 aromatic heterocycles. The lowest BCUT2D eigenvalue weighted by atomic mass is 9.79. The van der Waals surface area contributed by atoms with Crippen LogP contribution in [-0.4, -0.2) is 97.0 Å². The minimum Gasteiger partial charge on any atom is -0.340 e. The summed E-state index contributed by atoms with van der Waals surface area (Å²) >= 11 is 37.8. The van der Waals surface area contributed by atoms with Crippen LogP contribution in [0.2, 0.25) is 30.1 Å². The van der Waals surface area contributed by atoms with Gasteiger partial charge in [0, 0.05) is 70.1 Å². The lowest BCUT2D eigenvalue weighted by Gasteiger charge is -2.32. The minimum atomic E-state index is -5.09. The van der Waals surface area contributed by atoms with Crippen LogP contribution >= 0.6 is 92.2 Å². The quantitative estimate of drug-likeness (QED) is 0.0407. The Bertz CT molecular complexity index is 3120. The average Bonchev–Trinajstić information content (AvgIpc) is 4.13. The molecule has 30 heteroatoms. The molecular formula is C49H38Cl6F12IN9O2. The van der Waals surface area contributed by atoms with E-state index in [2.05, 4.69) is 52.5 Å². The molecule has 8 rings (SSSR count). The van der Waals surface area contributed by atoms with Gasteiger partial charge in [-0.2, -0.15) is 52.7 Å². The first-order valence-electron chi connectivity index (χ1n) is 22.6. The van der Waals surface area contributed by atoms with Crippen molar-refractivity contribution in [3.63, 3.8) is 0 Å². The summed E-state index contributed by atoms with van der Waals surface area (Å²) in [5, 5.41) is -1.03. The molecule has 2 unspecified atom stereocenters. The zero-order chi connectivity index (χ0) is 58.6. The van der Waals surface area contributed by atoms with Gasteiger partial charge in [0.25, 0.3) is 5.91 Å². The van der Waals surface area contributed by atoms with Gasteiger partial charge in [-0.3, -0.25) is 19.6 Å². The summed E-state index contributed by atoms with van der Waals surface area (Å²) in [5.41, 5.74) is -9.40. The maximum atomic E-state index is 14.4. The SMILES string of the molecule is CI.CN(Cc1ccccn1)C(=O)c1cnc(N2CCC(c3cc(Cl)c(Cl)c(Cl)c3)(C(F)(F)F)C2)nc1C(F)(F)F.O=C(CCc1ccccn1)c1cnc(N2CCC(c3cc(Cl)c(Cl)c(Cl)c3)(C(F)(F)F)C2)nc1C(F)(F)F. The molecule has 11 nitrogen and oxygen atoms in total. The van der Waals surface area contributed by atoms with Crippen LogP contribution in [0.3, 0.4) is 0 Å². The lowest BCUT2D eigenvalue weighted by Crippen LogP contribution is -2.45. The number of carbonyl (C=O) groups excluding carboxylic acids is 2. The molecule has 0 saturated carbocycles. The van der Waals surface area contributed by atoms with E-state index in [0.29, 0.717) is 23.8 Å². The Balaban J connectivity index is 0.000000248. The number of anilines is 2. The van der Waals surface area contributed by atoms with Gasteiger partial charge in [0.1, 0.15) is 10.8 Å². The fraction of sp³-hybridized carbons (Fsp3) is 0.347. The molecule has 2 saturated heterocycles. The van der Waals surface area contributed by atoms with E-state index in [1.165, 1.54) is 19.4 Å². The number of halogens is 19. The van der Waals surface area contributed by atoms with Crippen molar-refractivity contribution >= 4 is 116 Å². The second-order valence-electron chi connectivity index (χ2n) is 17.6. The van der Waals surface area contributed by atoms with Crippen LogP contribution < -0.4 is 9.80 Å². The smallest absolute Gasteiger partial charge is 0.340 e. The maximum absolute atomic E-state index is 14.4. The van der Waals surface area contributed by atoms with Crippen LogP contribution in [0.5, 0.6) is 0 Å². The number of nitrogens with zero attached hydrogens (tertiary/aromatic N) is 9. The highest BCUT2D eigenvalue weighted by Gasteiger charge is 2.61. The van der Waals surface area contributed by atoms with Gasteiger partial charge < -0.3 is 14.7 Å². The van der Waals surface area contributed by atoms with Crippen LogP contribution in [0.4, 0.5) is 64.6 Å². The molecule has 0 bridgehead atoms. The first-order chi connectivity index (χ1) is 36.9. The third kappa shape index (κ3) is 14.1. The van der Waals surface area contributed by atoms with Crippen molar-refractivity contribution in [2.24, 2.45) is 0 Å². The van der Waals surface area contributed by atoms with Gasteiger partial charge in [0.05, 0.1) is 53.5 Å². The number of ketones is 1. The highest BCUT2D eigenvalue weighted by molar-refractivity contribution is 14.1. The molecule has 2 fully saturated rings. The fourth-order valence-corrected chi connectivity index (χ4v) is 9.86. The number of amides is 1. The molecule has 2 atom stereocenters. The predicted octanol–water partition coefficient (Wildman–Crippen LogP) is 15.3. The number of hydrogen-bond acceptors (Lipinski definition) is 10. The minimum absolute atomic E-state index is 0.0885. The largest absolute Gasteiger partial charge is 0.434 e. The van der Waals surface area contributed by atoms with Crippen LogP contribution in [0.25, 0.3) is 0 Å². The molecule has 1 amide bonds. The maximum Gasteiger partial charge on any atom is 0.434 e. The van der Waals surface area contributed by atoms with Gasteiger partial charge >= 0.3 is 24.7 Å². The zero-order valence-corrected chi connectivity index (χ0v) is 47.2. The Kier molecular flexibility index (Phi) is 20.2. The van der Waals surface area contributed by atoms with Gasteiger partial charge in [-0.25, -0.2) is 19.9 Å². The summed E-state index contributed by atoms with van der Waals surface area (Å²) in [6.45, 7) is -2.35. The highest BCUT2D eigenvalue weighted by Crippen LogP contribution is 2.52. The third-order valence-electron chi connectivity index (χ3n) is 12.7. The number of Topliss-reactive ketones (excluding diaryl/α,β-unsaturated/α-hetero) is 1. The van der Waals surface area contributed by atoms with Crippen LogP contribution in [0, 0.1) is 0 Å². The number of hydrogen-bond donors (Lipinski definition) is 0. The molecule has 6 aromatic rings. The Labute approximate surface area is 486 Å². The van der Waals surface area contributed by atoms with Gasteiger partial charge in [0.15, 0.2) is 17.2 Å². The normalized spacial score (nSPS) is 17.7. The number of alkyl halides is 13. The Morgan fingerprint density at radius 3 is 1.37 bits per heavy atom. The summed E-state index contributed by atoms with van der Waals surface area (Å²) in [6.07, 6.45) is -16.7. The summed E-state index contributed by atoms with van der Waals surface area (Å²) in [6, 6.07) is 14.0. The number of carbonyl (C=O) groups is 2. The van der Waals surface area contributed by atoms with E-state index in [0.717, 1.165) is 39.0 Å². The number of pyridine rings is 2. The van der Waals surface area contributed by atoms with E-state index in [-0.39, 0.29) is 73.7 Å². The first-order valence-corrected chi connectivity index (χ1v) is 27.1. The van der Waals surface area contributed by atoms with Crippen molar-refractivity contribution in [2.45, 2.75) is 67.8 Å². The summed E-state index contributed by atoms with van der Waals surface area (Å²) in [5.74, 6) is -3.10. The van der Waals surface area contributed by atoms with Crippen molar-refractivity contribution in [1.82, 2.24) is 34.8 Å². The van der Waals surface area contributed by atoms with Crippen molar-refractivity contribution < 1.29 is 62.3 Å². The van der Waals surface area contributed by atoms with E-state index >= 15 is 0 Å². The monoisotopic (exact) mass is 1350 g/mol. The second-order valence-corrected chi connectivity index (χ2v) is 20.0. The van der Waals surface area contributed by atoms with E-state index in [9.17, 15) is 62.3 Å². The van der Waals surface area contributed by atoms with Gasteiger partial charge in [-0.1, -0.05) is 104 Å². The molecule has 2 aliphatic rings. The second kappa shape index (κ2) is 25.2. The Morgan fingerprint density at radius 2 is 0.987 bits per heavy atom. The van der Waals surface area contributed by atoms with Crippen LogP contribution in [-0.2, 0) is 36.1 Å². The van der Waals surface area contributed by atoms with Crippen LogP contribution in [0.1, 0.15) is 73.9 Å². The van der Waals surface area contributed by atoms with Crippen molar-refractivity contribution in [2.75, 3.05) is 48.0 Å². The van der Waals surface area contributed by atoms with Gasteiger partial charge in [-0.05, 0) is 83.9 Å². The number of aromatic nitrogens is 6. The van der Waals surface area contributed by atoms with Crippen LogP contribution in [0.15, 0.2) is 85.5 Å². The number of benzene rings is 2. The summed E-state index contributed by atoms with van der Waals surface area (Å²) in [4.78, 5) is 53.2. The molecule has 0 spiro atoms. The van der Waals surface area contributed by atoms with Gasteiger partial charge in [-0.15, -0.1) is 0 Å². The van der Waals surface area contributed by atoms with Gasteiger partial charge in [0.2, 0.25) is 11.9 Å². The topological polar surface area (TPSA) is 121 Å². The van der Waals surface area contributed by atoms with E-state index in [1.807, 2.05) is 4.93 Å². The number of aryl methyl sites for hydroxylation is 1. The van der Waals surface area contributed by atoms with E-state index in [1.54, 1.807) is 36.4 Å². The van der Waals surface area contributed by atoms with Crippen molar-refractivity contribution in [1.29, 1.82) is 0 Å². The molecule has 0 aliphatic carbocycles. The van der Waals surface area contributed by atoms with Crippen molar-refractivity contribution in [3.8, 4) is 0 Å². The lowest BCUT2D eigenvalue weighted by molar-refractivity contribution is -0.185. The molecule has 0 N–H and O–H groups in total.